The van der Waals surface area contributed by atoms with Gasteiger partial charge in [-0.05, 0) is 110 Å². The molecule has 3 aliphatic rings. The van der Waals surface area contributed by atoms with E-state index in [4.69, 9.17) is 0 Å². The fourth-order valence-corrected chi connectivity index (χ4v) is 10.9. The Morgan fingerprint density at radius 2 is 1.17 bits per heavy atom. The van der Waals surface area contributed by atoms with E-state index in [0.29, 0.717) is 11.2 Å². The van der Waals surface area contributed by atoms with Gasteiger partial charge in [0, 0.05) is 49.6 Å². The van der Waals surface area contributed by atoms with E-state index in [1.807, 2.05) is 11.8 Å². The first-order valence-electron chi connectivity index (χ1n) is 18.4. The maximum absolute atomic E-state index is 2.49. The van der Waals surface area contributed by atoms with Crippen LogP contribution in [-0.2, 0) is 0 Å². The van der Waals surface area contributed by atoms with Crippen molar-refractivity contribution in [1.29, 1.82) is 0 Å². The number of fused-ring (bicyclic) bond motifs is 8. The first-order valence-corrected chi connectivity index (χ1v) is 19.3. The summed E-state index contributed by atoms with van der Waals surface area (Å²) >= 11 is 2.01. The van der Waals surface area contributed by atoms with Crippen molar-refractivity contribution >= 4 is 67.5 Å². The Morgan fingerprint density at radius 1 is 0.472 bits per heavy atom. The summed E-state index contributed by atoms with van der Waals surface area (Å²) in [7, 11) is 0. The van der Waals surface area contributed by atoms with Gasteiger partial charge < -0.3 is 9.47 Å². The van der Waals surface area contributed by atoms with Gasteiger partial charge in [0.05, 0.1) is 11.0 Å². The molecule has 2 unspecified atom stereocenters. The highest BCUT2D eigenvalue weighted by Crippen LogP contribution is 2.58. The van der Waals surface area contributed by atoms with Crippen molar-refractivity contribution in [3.8, 4) is 27.9 Å². The number of benzene rings is 8. The number of aromatic nitrogens is 1. The lowest BCUT2D eigenvalue weighted by molar-refractivity contribution is 0.818. The van der Waals surface area contributed by atoms with Crippen LogP contribution >= 0.6 is 11.8 Å². The zero-order valence-corrected chi connectivity index (χ0v) is 29.6. The Morgan fingerprint density at radius 3 is 2.06 bits per heavy atom. The van der Waals surface area contributed by atoms with Crippen molar-refractivity contribution in [1.82, 2.24) is 4.57 Å². The van der Waals surface area contributed by atoms with Crippen molar-refractivity contribution in [2.45, 2.75) is 16.1 Å². The van der Waals surface area contributed by atoms with Crippen LogP contribution in [-0.4, -0.2) is 4.57 Å². The highest BCUT2D eigenvalue weighted by atomic mass is 32.2. The Balaban J connectivity index is 1.06. The molecule has 0 bridgehead atoms. The van der Waals surface area contributed by atoms with Crippen LogP contribution in [0.15, 0.2) is 181 Å². The van der Waals surface area contributed by atoms with Gasteiger partial charge in [-0.3, -0.25) is 0 Å². The molecule has 1 aliphatic heterocycles. The number of anilines is 3. The molecule has 2 heterocycles. The summed E-state index contributed by atoms with van der Waals surface area (Å²) in [4.78, 5) is 3.80. The zero-order chi connectivity index (χ0) is 34.6. The van der Waals surface area contributed by atoms with Crippen molar-refractivity contribution in [2.75, 3.05) is 4.90 Å². The lowest BCUT2D eigenvalue weighted by Gasteiger charge is -2.27. The van der Waals surface area contributed by atoms with Gasteiger partial charge in [-0.15, -0.1) is 11.8 Å². The number of para-hydroxylation sites is 1. The van der Waals surface area contributed by atoms with Gasteiger partial charge in [-0.25, -0.2) is 0 Å². The molecule has 2 atom stereocenters. The largest absolute Gasteiger partial charge is 0.310 e. The second-order valence-corrected chi connectivity index (χ2v) is 15.6. The van der Waals surface area contributed by atoms with Crippen molar-refractivity contribution < 1.29 is 0 Å². The molecule has 0 saturated carbocycles. The third-order valence-electron chi connectivity index (χ3n) is 11.6. The normalized spacial score (nSPS) is 16.2. The summed E-state index contributed by atoms with van der Waals surface area (Å²) in [5.41, 5.74) is 16.4. The standard InChI is InChI=1S/C50H32N2S/c1-2-13-33(14-3-1)51(36-25-28-46-43(30-36)42-26-23-31-11-4-5-17-37(31)50(42)53-46)34-15-9-16-35(29-34)52-44-22-10-21-41-39-19-7-6-18-38(39)40-20-8-12-32-24-27-45(52)49(47(32)40)48(41)44/h1-30,42,50H. The minimum atomic E-state index is 0.351. The van der Waals surface area contributed by atoms with Gasteiger partial charge in [0.2, 0.25) is 0 Å². The van der Waals surface area contributed by atoms with E-state index in [2.05, 4.69) is 191 Å². The Labute approximate surface area is 312 Å². The van der Waals surface area contributed by atoms with Crippen molar-refractivity contribution in [3.05, 3.63) is 193 Å². The number of thioether (sulfide) groups is 1. The molecular weight excluding hydrogens is 661 g/mol. The maximum Gasteiger partial charge on any atom is 0.0548 e. The fourth-order valence-electron chi connectivity index (χ4n) is 9.41. The van der Waals surface area contributed by atoms with Gasteiger partial charge in [-0.1, -0.05) is 121 Å². The van der Waals surface area contributed by atoms with Crippen LogP contribution in [0, 0.1) is 0 Å². The number of nitrogens with zero attached hydrogens (tertiary/aromatic N) is 2. The number of allylic oxidation sites excluding steroid dienone is 1. The maximum atomic E-state index is 2.49. The minimum Gasteiger partial charge on any atom is -0.310 e. The molecule has 12 rings (SSSR count). The molecule has 0 N–H and O–H groups in total. The highest BCUT2D eigenvalue weighted by molar-refractivity contribution is 8.00. The SMILES string of the molecule is C1=CC2c3cc(N(c4ccccc4)c4cccc(-n5c6cccc7c6c6c8c(cccc8ccc65)-c5ccccc5-7)c4)ccc3SC2c2ccccc21. The third-order valence-corrected chi connectivity index (χ3v) is 13.1. The first-order chi connectivity index (χ1) is 26.3. The van der Waals surface area contributed by atoms with E-state index < -0.39 is 0 Å². The van der Waals surface area contributed by atoms with Gasteiger partial charge in [0.1, 0.15) is 0 Å². The number of hydrogen-bond donors (Lipinski definition) is 0. The van der Waals surface area contributed by atoms with Crippen LogP contribution in [0.4, 0.5) is 17.1 Å². The van der Waals surface area contributed by atoms with Crippen LogP contribution in [0.5, 0.6) is 0 Å². The van der Waals surface area contributed by atoms with Gasteiger partial charge in [0.15, 0.2) is 0 Å². The monoisotopic (exact) mass is 692 g/mol. The molecule has 0 amide bonds. The first kappa shape index (κ1) is 29.3. The molecule has 248 valence electrons. The summed E-state index contributed by atoms with van der Waals surface area (Å²) in [6.07, 6.45) is 4.74. The minimum absolute atomic E-state index is 0.351. The smallest absolute Gasteiger partial charge is 0.0548 e. The predicted octanol–water partition coefficient (Wildman–Crippen LogP) is 14.0. The summed E-state index contributed by atoms with van der Waals surface area (Å²) < 4.78 is 2.49. The average Bonchev–Trinajstić information content (AvgIpc) is 3.73. The summed E-state index contributed by atoms with van der Waals surface area (Å²) in [5, 5.41) is 5.67. The second-order valence-electron chi connectivity index (χ2n) is 14.4. The van der Waals surface area contributed by atoms with E-state index >= 15 is 0 Å². The van der Waals surface area contributed by atoms with Gasteiger partial charge in [-0.2, -0.15) is 0 Å². The van der Waals surface area contributed by atoms with Crippen LogP contribution in [0.3, 0.4) is 0 Å². The molecule has 0 fully saturated rings. The summed E-state index contributed by atoms with van der Waals surface area (Å²) in [5.74, 6) is 0.351. The Hall–Kier alpha value is -6.29. The molecule has 0 saturated heterocycles. The molecule has 3 heteroatoms. The molecule has 8 aromatic carbocycles. The summed E-state index contributed by atoms with van der Waals surface area (Å²) in [6.45, 7) is 0. The quantitative estimate of drug-likeness (QED) is 0.181. The predicted molar refractivity (Wildman–Crippen MR) is 224 cm³/mol. The molecular formula is C50H32N2S. The van der Waals surface area contributed by atoms with Crippen LogP contribution < -0.4 is 4.90 Å². The molecule has 2 aliphatic carbocycles. The van der Waals surface area contributed by atoms with Crippen molar-refractivity contribution in [3.63, 3.8) is 0 Å². The van der Waals surface area contributed by atoms with E-state index in [1.54, 1.807) is 0 Å². The Bertz CT molecular complexity index is 3010. The third kappa shape index (κ3) is 4.17. The van der Waals surface area contributed by atoms with Gasteiger partial charge in [0.25, 0.3) is 0 Å². The lowest BCUT2D eigenvalue weighted by Crippen LogP contribution is -2.11. The van der Waals surface area contributed by atoms with E-state index in [1.165, 1.54) is 82.1 Å². The number of rotatable bonds is 4. The number of hydrogen-bond acceptors (Lipinski definition) is 2. The van der Waals surface area contributed by atoms with E-state index in [-0.39, 0.29) is 0 Å². The highest BCUT2D eigenvalue weighted by Gasteiger charge is 2.36. The lowest BCUT2D eigenvalue weighted by atomic mass is 9.85. The van der Waals surface area contributed by atoms with Crippen LogP contribution in [0.2, 0.25) is 0 Å². The van der Waals surface area contributed by atoms with Gasteiger partial charge >= 0.3 is 0 Å². The van der Waals surface area contributed by atoms with Crippen molar-refractivity contribution in [2.24, 2.45) is 0 Å². The molecule has 1 aromatic heterocycles. The molecule has 53 heavy (non-hydrogen) atoms. The molecule has 0 radical (unpaired) electrons. The second kappa shape index (κ2) is 11.1. The van der Waals surface area contributed by atoms with Crippen LogP contribution in [0.1, 0.15) is 27.9 Å². The topological polar surface area (TPSA) is 8.17 Å². The van der Waals surface area contributed by atoms with E-state index in [0.717, 1.165) is 17.1 Å². The molecule has 9 aromatic rings. The zero-order valence-electron chi connectivity index (χ0n) is 28.8. The van der Waals surface area contributed by atoms with Crippen LogP contribution in [0.25, 0.3) is 66.6 Å². The van der Waals surface area contributed by atoms with E-state index in [9.17, 15) is 0 Å². The summed E-state index contributed by atoms with van der Waals surface area (Å²) in [6, 6.07) is 63.0. The average molecular weight is 693 g/mol. The molecule has 0 spiro atoms. The molecule has 2 nitrogen and oxygen atoms in total. The Kier molecular flexibility index (Phi) is 6.14. The fraction of sp³-hybridized carbons (Fsp3) is 0.0400.